The molecule has 6 heteroatoms. The van der Waals surface area contributed by atoms with Gasteiger partial charge >= 0.3 is 12.1 Å². The third-order valence-corrected chi connectivity index (χ3v) is 2.24. The standard InChI is InChI=1S/C12H12F3NO2/c13-12(14,15)9-4-5-10(11(17)18)8(7-9)3-1-2-6-16/h1,3-5,7H,2,6,16H2,(H,17,18). The lowest BCUT2D eigenvalue weighted by molar-refractivity contribution is -0.137. The van der Waals surface area contributed by atoms with Gasteiger partial charge in [0.2, 0.25) is 0 Å². The Labute approximate surface area is 102 Å². The smallest absolute Gasteiger partial charge is 0.416 e. The summed E-state index contributed by atoms with van der Waals surface area (Å²) in [5, 5.41) is 8.88. The molecule has 0 aliphatic heterocycles. The van der Waals surface area contributed by atoms with Gasteiger partial charge in [0.05, 0.1) is 11.1 Å². The van der Waals surface area contributed by atoms with Crippen LogP contribution in [0.15, 0.2) is 24.3 Å². The van der Waals surface area contributed by atoms with Gasteiger partial charge < -0.3 is 10.8 Å². The number of carbonyl (C=O) groups is 1. The van der Waals surface area contributed by atoms with E-state index in [4.69, 9.17) is 10.8 Å². The molecule has 0 atom stereocenters. The van der Waals surface area contributed by atoms with Gasteiger partial charge in [0.15, 0.2) is 0 Å². The molecule has 0 spiro atoms. The van der Waals surface area contributed by atoms with E-state index in [9.17, 15) is 18.0 Å². The van der Waals surface area contributed by atoms with Crippen molar-refractivity contribution in [1.29, 1.82) is 0 Å². The molecule has 0 bridgehead atoms. The zero-order valence-corrected chi connectivity index (χ0v) is 9.37. The maximum absolute atomic E-state index is 12.5. The van der Waals surface area contributed by atoms with E-state index in [2.05, 4.69) is 0 Å². The van der Waals surface area contributed by atoms with Crippen LogP contribution in [0.25, 0.3) is 6.08 Å². The predicted octanol–water partition coefficient (Wildman–Crippen LogP) is 2.77. The van der Waals surface area contributed by atoms with Crippen LogP contribution >= 0.6 is 0 Å². The Morgan fingerprint density at radius 1 is 1.39 bits per heavy atom. The van der Waals surface area contributed by atoms with Gasteiger partial charge in [0.1, 0.15) is 0 Å². The maximum atomic E-state index is 12.5. The fourth-order valence-corrected chi connectivity index (χ4v) is 1.38. The molecule has 18 heavy (non-hydrogen) atoms. The fourth-order valence-electron chi connectivity index (χ4n) is 1.38. The van der Waals surface area contributed by atoms with Crippen molar-refractivity contribution >= 4 is 12.0 Å². The van der Waals surface area contributed by atoms with Crippen molar-refractivity contribution in [3.8, 4) is 0 Å². The molecular formula is C12H12F3NO2. The van der Waals surface area contributed by atoms with E-state index in [1.54, 1.807) is 6.08 Å². The van der Waals surface area contributed by atoms with Gasteiger partial charge in [-0.15, -0.1) is 0 Å². The first-order chi connectivity index (χ1) is 8.36. The normalized spacial score (nSPS) is 12.0. The molecule has 0 aliphatic rings. The van der Waals surface area contributed by atoms with E-state index in [1.165, 1.54) is 6.08 Å². The van der Waals surface area contributed by atoms with Crippen LogP contribution in [0.2, 0.25) is 0 Å². The number of hydrogen-bond acceptors (Lipinski definition) is 2. The van der Waals surface area contributed by atoms with Crippen LogP contribution in [0, 0.1) is 0 Å². The molecule has 98 valence electrons. The Kier molecular flexibility index (Phi) is 4.49. The molecule has 0 radical (unpaired) electrons. The number of carboxylic acids is 1. The number of nitrogens with two attached hydrogens (primary N) is 1. The van der Waals surface area contributed by atoms with Gasteiger partial charge in [-0.3, -0.25) is 0 Å². The molecule has 1 aromatic carbocycles. The van der Waals surface area contributed by atoms with Crippen molar-refractivity contribution in [2.75, 3.05) is 6.54 Å². The Balaban J connectivity index is 3.20. The monoisotopic (exact) mass is 259 g/mol. The van der Waals surface area contributed by atoms with Crippen molar-refractivity contribution < 1.29 is 23.1 Å². The number of carboxylic acid groups (broad SMARTS) is 1. The molecule has 1 rings (SSSR count). The number of alkyl halides is 3. The Hall–Kier alpha value is -1.82. The molecule has 0 unspecified atom stereocenters. The Morgan fingerprint density at radius 3 is 2.56 bits per heavy atom. The van der Waals surface area contributed by atoms with Crippen LogP contribution < -0.4 is 5.73 Å². The van der Waals surface area contributed by atoms with E-state index < -0.39 is 17.7 Å². The van der Waals surface area contributed by atoms with E-state index in [-0.39, 0.29) is 11.1 Å². The largest absolute Gasteiger partial charge is 0.478 e. The highest BCUT2D eigenvalue weighted by atomic mass is 19.4. The topological polar surface area (TPSA) is 63.3 Å². The van der Waals surface area contributed by atoms with Crippen LogP contribution in [0.5, 0.6) is 0 Å². The summed E-state index contributed by atoms with van der Waals surface area (Å²) in [4.78, 5) is 10.9. The molecule has 0 heterocycles. The molecule has 0 saturated carbocycles. The minimum atomic E-state index is -4.49. The lowest BCUT2D eigenvalue weighted by Crippen LogP contribution is -2.08. The zero-order chi connectivity index (χ0) is 13.8. The molecule has 0 fully saturated rings. The van der Waals surface area contributed by atoms with Crippen molar-refractivity contribution in [2.45, 2.75) is 12.6 Å². The fraction of sp³-hybridized carbons (Fsp3) is 0.250. The predicted molar refractivity (Wildman–Crippen MR) is 61.1 cm³/mol. The summed E-state index contributed by atoms with van der Waals surface area (Å²) in [5.74, 6) is -1.27. The Morgan fingerprint density at radius 2 is 2.06 bits per heavy atom. The molecule has 0 amide bonds. The van der Waals surface area contributed by atoms with Crippen molar-refractivity contribution in [3.05, 3.63) is 41.0 Å². The van der Waals surface area contributed by atoms with Gasteiger partial charge in [0, 0.05) is 0 Å². The second-order valence-corrected chi connectivity index (χ2v) is 3.58. The molecule has 3 N–H and O–H groups in total. The van der Waals surface area contributed by atoms with Gasteiger partial charge in [-0.05, 0) is 36.7 Å². The zero-order valence-electron chi connectivity index (χ0n) is 9.37. The lowest BCUT2D eigenvalue weighted by atomic mass is 10.0. The van der Waals surface area contributed by atoms with Gasteiger partial charge in [-0.2, -0.15) is 13.2 Å². The first-order valence-electron chi connectivity index (χ1n) is 5.17. The summed E-state index contributed by atoms with van der Waals surface area (Å²) in [5.41, 5.74) is 4.22. The van der Waals surface area contributed by atoms with Gasteiger partial charge in [0.25, 0.3) is 0 Å². The summed E-state index contributed by atoms with van der Waals surface area (Å²) in [6.45, 7) is 0.345. The minimum absolute atomic E-state index is 0.0192. The number of halogens is 3. The maximum Gasteiger partial charge on any atom is 0.416 e. The summed E-state index contributed by atoms with van der Waals surface area (Å²) in [6.07, 6.45) is -1.14. The van der Waals surface area contributed by atoms with Crippen LogP contribution in [0.4, 0.5) is 13.2 Å². The molecule has 0 aliphatic carbocycles. The van der Waals surface area contributed by atoms with Gasteiger partial charge in [-0.1, -0.05) is 12.2 Å². The second kappa shape index (κ2) is 5.68. The van der Waals surface area contributed by atoms with Crippen LogP contribution in [0.3, 0.4) is 0 Å². The molecular weight excluding hydrogens is 247 g/mol. The van der Waals surface area contributed by atoms with Crippen LogP contribution in [-0.4, -0.2) is 17.6 Å². The summed E-state index contributed by atoms with van der Waals surface area (Å²) >= 11 is 0. The number of aromatic carboxylic acids is 1. The highest BCUT2D eigenvalue weighted by Gasteiger charge is 2.31. The SMILES string of the molecule is NCCC=Cc1cc(C(F)(F)F)ccc1C(=O)O. The molecule has 3 nitrogen and oxygen atoms in total. The van der Waals surface area contributed by atoms with Crippen molar-refractivity contribution in [2.24, 2.45) is 5.73 Å². The highest BCUT2D eigenvalue weighted by molar-refractivity contribution is 5.92. The van der Waals surface area contributed by atoms with E-state index in [0.717, 1.165) is 18.2 Å². The van der Waals surface area contributed by atoms with Crippen LogP contribution in [0.1, 0.15) is 27.9 Å². The number of rotatable bonds is 4. The molecule has 1 aromatic rings. The second-order valence-electron chi connectivity index (χ2n) is 3.58. The minimum Gasteiger partial charge on any atom is -0.478 e. The summed E-state index contributed by atoms with van der Waals surface area (Å²) in [7, 11) is 0. The van der Waals surface area contributed by atoms with E-state index in [1.807, 2.05) is 0 Å². The van der Waals surface area contributed by atoms with Crippen molar-refractivity contribution in [1.82, 2.24) is 0 Å². The molecule has 0 saturated heterocycles. The Bertz CT molecular complexity index is 467. The van der Waals surface area contributed by atoms with E-state index >= 15 is 0 Å². The van der Waals surface area contributed by atoms with Crippen LogP contribution in [-0.2, 0) is 6.18 Å². The average Bonchev–Trinajstić information content (AvgIpc) is 2.27. The lowest BCUT2D eigenvalue weighted by Gasteiger charge is -2.09. The number of hydrogen-bond donors (Lipinski definition) is 2. The van der Waals surface area contributed by atoms with Gasteiger partial charge in [-0.25, -0.2) is 4.79 Å². The third kappa shape index (κ3) is 3.59. The summed E-state index contributed by atoms with van der Waals surface area (Å²) in [6, 6.07) is 2.52. The van der Waals surface area contributed by atoms with Crippen molar-refractivity contribution in [3.63, 3.8) is 0 Å². The highest BCUT2D eigenvalue weighted by Crippen LogP contribution is 2.31. The third-order valence-electron chi connectivity index (χ3n) is 2.24. The first kappa shape index (κ1) is 14.2. The quantitative estimate of drug-likeness (QED) is 0.873. The molecule has 0 aromatic heterocycles. The first-order valence-corrected chi connectivity index (χ1v) is 5.17. The average molecular weight is 259 g/mol. The van der Waals surface area contributed by atoms with E-state index in [0.29, 0.717) is 13.0 Å². The summed E-state index contributed by atoms with van der Waals surface area (Å²) < 4.78 is 37.5. The number of benzene rings is 1.